The molecule has 4 amide bonds. The molecule has 1 aliphatic rings. The monoisotopic (exact) mass is 450 g/mol. The Labute approximate surface area is 178 Å². The Morgan fingerprint density at radius 3 is 2.48 bits per heavy atom. The van der Waals surface area contributed by atoms with E-state index in [0.29, 0.717) is 10.5 Å². The maximum Gasteiger partial charge on any atom is 0.325 e. The average Bonchev–Trinajstić information content (AvgIpc) is 2.93. The summed E-state index contributed by atoms with van der Waals surface area (Å²) in [6.07, 6.45) is 0. The van der Waals surface area contributed by atoms with E-state index in [4.69, 9.17) is 0 Å². The molecule has 3 rings (SSSR count). The Bertz CT molecular complexity index is 1050. The van der Waals surface area contributed by atoms with Crippen molar-refractivity contribution in [3.8, 4) is 0 Å². The number of nitro groups is 1. The first-order valence-electron chi connectivity index (χ1n) is 8.84. The molecule has 1 heterocycles. The topological polar surface area (TPSA) is 122 Å². The number of para-hydroxylation sites is 1. The van der Waals surface area contributed by atoms with Crippen LogP contribution in [0, 0.1) is 10.1 Å². The van der Waals surface area contributed by atoms with E-state index in [1.807, 2.05) is 0 Å². The van der Waals surface area contributed by atoms with E-state index in [1.165, 1.54) is 49.4 Å². The van der Waals surface area contributed by atoms with E-state index < -0.39 is 40.6 Å². The quantitative estimate of drug-likeness (QED) is 0.289. The number of imide groups is 1. The Kier molecular flexibility index (Phi) is 6.20. The predicted molar refractivity (Wildman–Crippen MR) is 108 cm³/mol. The maximum absolute atomic E-state index is 12.9. The minimum absolute atomic E-state index is 0.128. The Morgan fingerprint density at radius 2 is 1.87 bits per heavy atom. The zero-order chi connectivity index (χ0) is 22.8. The van der Waals surface area contributed by atoms with Crippen LogP contribution in [0.3, 0.4) is 0 Å². The van der Waals surface area contributed by atoms with Crippen LogP contribution in [-0.2, 0) is 15.1 Å². The van der Waals surface area contributed by atoms with E-state index in [0.717, 1.165) is 0 Å². The van der Waals surface area contributed by atoms with Gasteiger partial charge in [0.15, 0.2) is 0 Å². The third-order valence-electron chi connectivity index (χ3n) is 4.61. The van der Waals surface area contributed by atoms with Crippen LogP contribution in [0.15, 0.2) is 53.4 Å². The molecule has 0 bridgehead atoms. The number of benzene rings is 2. The van der Waals surface area contributed by atoms with Crippen molar-refractivity contribution in [2.75, 3.05) is 11.9 Å². The van der Waals surface area contributed by atoms with Gasteiger partial charge in [-0.15, -0.1) is 0 Å². The molecule has 1 atom stereocenters. The number of amides is 4. The number of anilines is 1. The van der Waals surface area contributed by atoms with E-state index in [9.17, 15) is 33.3 Å². The Morgan fingerprint density at radius 1 is 1.23 bits per heavy atom. The lowest BCUT2D eigenvalue weighted by Crippen LogP contribution is -2.42. The highest BCUT2D eigenvalue weighted by Crippen LogP contribution is 2.32. The number of non-ortho nitro benzene ring substituents is 1. The molecule has 2 N–H and O–H groups in total. The summed E-state index contributed by atoms with van der Waals surface area (Å²) in [5.41, 5.74) is -1.27. The highest BCUT2D eigenvalue weighted by molar-refractivity contribution is 7.99. The number of nitro benzene ring substituents is 1. The molecule has 1 unspecified atom stereocenters. The van der Waals surface area contributed by atoms with Gasteiger partial charge in [0.1, 0.15) is 12.1 Å². The molecular weight excluding hydrogens is 434 g/mol. The van der Waals surface area contributed by atoms with Crippen LogP contribution in [0.4, 0.5) is 25.0 Å². The number of halogens is 2. The lowest BCUT2D eigenvalue weighted by atomic mass is 9.92. The standard InChI is InChI=1S/C19H16F2N4O5S/c1-19(11-6-8-12(9-7-11)25(29)30)16(27)24(18(28)23-19)10-15(26)22-13-4-2-3-5-14(13)31-17(20)21/h2-9,17H,10H2,1H3,(H,22,26)(H,23,28). The highest BCUT2D eigenvalue weighted by Gasteiger charge is 2.49. The van der Waals surface area contributed by atoms with Gasteiger partial charge in [-0.2, -0.15) is 8.78 Å². The first kappa shape index (κ1) is 22.2. The molecule has 1 saturated heterocycles. The van der Waals surface area contributed by atoms with Gasteiger partial charge in [0.05, 0.1) is 10.6 Å². The largest absolute Gasteiger partial charge is 0.325 e. The van der Waals surface area contributed by atoms with E-state index >= 15 is 0 Å². The number of thioether (sulfide) groups is 1. The molecule has 9 nitrogen and oxygen atoms in total. The van der Waals surface area contributed by atoms with Crippen molar-refractivity contribution >= 4 is 41.0 Å². The molecule has 0 spiro atoms. The number of alkyl halides is 2. The number of hydrogen-bond acceptors (Lipinski definition) is 6. The highest BCUT2D eigenvalue weighted by atomic mass is 32.2. The van der Waals surface area contributed by atoms with Crippen molar-refractivity contribution in [3.63, 3.8) is 0 Å². The zero-order valence-corrected chi connectivity index (χ0v) is 16.8. The number of nitrogens with zero attached hydrogens (tertiary/aromatic N) is 2. The lowest BCUT2D eigenvalue weighted by molar-refractivity contribution is -0.384. The summed E-state index contributed by atoms with van der Waals surface area (Å²) in [5, 5.41) is 15.7. The summed E-state index contributed by atoms with van der Waals surface area (Å²) in [6.45, 7) is 0.780. The zero-order valence-electron chi connectivity index (χ0n) is 16.0. The van der Waals surface area contributed by atoms with Crippen molar-refractivity contribution < 1.29 is 28.1 Å². The number of carbonyl (C=O) groups excluding carboxylic acids is 3. The Balaban J connectivity index is 1.74. The van der Waals surface area contributed by atoms with E-state index in [1.54, 1.807) is 6.07 Å². The summed E-state index contributed by atoms with van der Waals surface area (Å²) >= 11 is 0.255. The second-order valence-corrected chi connectivity index (χ2v) is 7.71. The van der Waals surface area contributed by atoms with Crippen molar-refractivity contribution in [3.05, 3.63) is 64.2 Å². The molecule has 162 valence electrons. The summed E-state index contributed by atoms with van der Waals surface area (Å²) in [6, 6.07) is 10.2. The molecule has 0 saturated carbocycles. The fourth-order valence-electron chi connectivity index (χ4n) is 3.05. The first-order chi connectivity index (χ1) is 14.6. The first-order valence-corrected chi connectivity index (χ1v) is 9.72. The number of carbonyl (C=O) groups is 3. The molecule has 12 heteroatoms. The normalized spacial score (nSPS) is 18.3. The number of urea groups is 1. The summed E-state index contributed by atoms with van der Waals surface area (Å²) in [7, 11) is 0. The van der Waals surface area contributed by atoms with E-state index in [-0.39, 0.29) is 28.0 Å². The summed E-state index contributed by atoms with van der Waals surface area (Å²) in [5.74, 6) is -4.16. The van der Waals surface area contributed by atoms with Crippen molar-refractivity contribution in [1.82, 2.24) is 10.2 Å². The van der Waals surface area contributed by atoms with Crippen LogP contribution in [0.2, 0.25) is 0 Å². The van der Waals surface area contributed by atoms with Gasteiger partial charge in [-0.25, -0.2) is 4.79 Å². The summed E-state index contributed by atoms with van der Waals surface area (Å²) in [4.78, 5) is 48.7. The van der Waals surface area contributed by atoms with E-state index in [2.05, 4.69) is 10.6 Å². The lowest BCUT2D eigenvalue weighted by Gasteiger charge is -2.22. The van der Waals surface area contributed by atoms with Crippen molar-refractivity contribution in [1.29, 1.82) is 0 Å². The van der Waals surface area contributed by atoms with Crippen LogP contribution in [0.5, 0.6) is 0 Å². The number of hydrogen-bond donors (Lipinski definition) is 2. The van der Waals surface area contributed by atoms with Gasteiger partial charge in [-0.1, -0.05) is 23.9 Å². The fourth-order valence-corrected chi connectivity index (χ4v) is 3.65. The fraction of sp³-hybridized carbons (Fsp3) is 0.211. The van der Waals surface area contributed by atoms with Crippen LogP contribution in [-0.4, -0.2) is 40.0 Å². The molecule has 0 aromatic heterocycles. The Hall–Kier alpha value is -3.54. The molecule has 2 aromatic carbocycles. The van der Waals surface area contributed by atoms with Gasteiger partial charge in [0, 0.05) is 17.0 Å². The predicted octanol–water partition coefficient (Wildman–Crippen LogP) is 3.32. The minimum Gasteiger partial charge on any atom is -0.324 e. The van der Waals surface area contributed by atoms with Crippen LogP contribution < -0.4 is 10.6 Å². The maximum atomic E-state index is 12.9. The second-order valence-electron chi connectivity index (χ2n) is 6.67. The minimum atomic E-state index is -2.69. The van der Waals surface area contributed by atoms with Gasteiger partial charge in [-0.05, 0) is 36.8 Å². The molecule has 1 fully saturated rings. The smallest absolute Gasteiger partial charge is 0.324 e. The van der Waals surface area contributed by atoms with Crippen molar-refractivity contribution in [2.45, 2.75) is 23.1 Å². The van der Waals surface area contributed by atoms with Crippen LogP contribution in [0.25, 0.3) is 0 Å². The van der Waals surface area contributed by atoms with Gasteiger partial charge in [0.2, 0.25) is 5.91 Å². The van der Waals surface area contributed by atoms with Gasteiger partial charge in [-0.3, -0.25) is 24.6 Å². The molecule has 0 radical (unpaired) electrons. The molecule has 31 heavy (non-hydrogen) atoms. The second kappa shape index (κ2) is 8.68. The summed E-state index contributed by atoms with van der Waals surface area (Å²) < 4.78 is 25.4. The molecule has 2 aromatic rings. The van der Waals surface area contributed by atoms with Crippen LogP contribution >= 0.6 is 11.8 Å². The molecule has 0 aliphatic carbocycles. The average molecular weight is 450 g/mol. The number of nitrogens with one attached hydrogen (secondary N) is 2. The van der Waals surface area contributed by atoms with Gasteiger partial charge >= 0.3 is 6.03 Å². The third-order valence-corrected chi connectivity index (χ3v) is 5.40. The van der Waals surface area contributed by atoms with Crippen LogP contribution in [0.1, 0.15) is 12.5 Å². The number of rotatable bonds is 7. The van der Waals surface area contributed by atoms with Crippen molar-refractivity contribution in [2.24, 2.45) is 0 Å². The van der Waals surface area contributed by atoms with Gasteiger partial charge < -0.3 is 10.6 Å². The van der Waals surface area contributed by atoms with Gasteiger partial charge in [0.25, 0.3) is 17.4 Å². The SMILES string of the molecule is CC1(c2ccc([N+](=O)[O-])cc2)NC(=O)N(CC(=O)Nc2ccccc2SC(F)F)C1=O. The third kappa shape index (κ3) is 4.63. The molecular formula is C19H16F2N4O5S. The molecule has 1 aliphatic heterocycles.